The highest BCUT2D eigenvalue weighted by Crippen LogP contribution is 2.38. The van der Waals surface area contributed by atoms with Crippen LogP contribution in [0.1, 0.15) is 55.5 Å². The molecule has 2 aliphatic carbocycles. The van der Waals surface area contributed by atoms with E-state index in [-0.39, 0.29) is 36.1 Å². The Morgan fingerprint density at radius 3 is 2.44 bits per heavy atom. The number of anilines is 1. The predicted octanol–water partition coefficient (Wildman–Crippen LogP) is 2.53. The normalized spacial score (nSPS) is 26.2. The van der Waals surface area contributed by atoms with Crippen LogP contribution >= 0.6 is 11.3 Å². The van der Waals surface area contributed by atoms with Crippen LogP contribution in [0.4, 0.5) is 5.13 Å². The van der Waals surface area contributed by atoms with Gasteiger partial charge in [-0.1, -0.05) is 19.3 Å². The van der Waals surface area contributed by atoms with Crippen molar-refractivity contribution in [3.05, 3.63) is 10.6 Å². The van der Waals surface area contributed by atoms with Crippen molar-refractivity contribution in [2.75, 3.05) is 11.9 Å². The molecule has 2 heterocycles. The van der Waals surface area contributed by atoms with Gasteiger partial charge in [0.15, 0.2) is 5.13 Å². The summed E-state index contributed by atoms with van der Waals surface area (Å²) in [6.07, 6.45) is 9.05. The molecule has 4 rings (SSSR count). The number of aromatic nitrogens is 1. The number of likely N-dealkylation sites (tertiary alicyclic amines) is 1. The third-order valence-electron chi connectivity index (χ3n) is 5.58. The lowest BCUT2D eigenvalue weighted by atomic mass is 9.81. The molecule has 1 aromatic rings. The van der Waals surface area contributed by atoms with Gasteiger partial charge in [-0.05, 0) is 38.5 Å². The molecule has 0 spiro atoms. The molecule has 1 aliphatic heterocycles. The van der Waals surface area contributed by atoms with Gasteiger partial charge in [0.05, 0.1) is 17.5 Å². The maximum atomic E-state index is 12.4. The van der Waals surface area contributed by atoms with Crippen molar-refractivity contribution in [3.63, 3.8) is 0 Å². The SMILES string of the molecule is O=C(CN1C(=O)[C@@H]2CCCC[C@H]2C1=O)Nc1nc2c(s1)CCCCC2. The van der Waals surface area contributed by atoms with Crippen LogP contribution in [-0.4, -0.2) is 34.2 Å². The van der Waals surface area contributed by atoms with Gasteiger partial charge in [0.25, 0.3) is 0 Å². The highest BCUT2D eigenvalue weighted by Gasteiger charge is 2.48. The smallest absolute Gasteiger partial charge is 0.246 e. The summed E-state index contributed by atoms with van der Waals surface area (Å²) in [7, 11) is 0. The number of nitrogens with zero attached hydrogens (tertiary/aromatic N) is 2. The molecular formula is C18H23N3O3S. The Bertz CT molecular complexity index is 667. The second-order valence-corrected chi connectivity index (χ2v) is 8.34. The number of carbonyl (C=O) groups excluding carboxylic acids is 3. The Kier molecular flexibility index (Phi) is 4.58. The number of carbonyl (C=O) groups is 3. The summed E-state index contributed by atoms with van der Waals surface area (Å²) in [4.78, 5) is 44.2. The Labute approximate surface area is 151 Å². The zero-order valence-electron chi connectivity index (χ0n) is 14.3. The molecule has 25 heavy (non-hydrogen) atoms. The molecule has 2 fully saturated rings. The third-order valence-corrected chi connectivity index (χ3v) is 6.65. The van der Waals surface area contributed by atoms with E-state index in [9.17, 15) is 14.4 Å². The summed E-state index contributed by atoms with van der Waals surface area (Å²) < 4.78 is 0. The van der Waals surface area contributed by atoms with Crippen LogP contribution in [0, 0.1) is 11.8 Å². The molecule has 134 valence electrons. The van der Waals surface area contributed by atoms with E-state index in [0.717, 1.165) is 55.5 Å². The fraction of sp³-hybridized carbons (Fsp3) is 0.667. The van der Waals surface area contributed by atoms with Gasteiger partial charge >= 0.3 is 0 Å². The first-order chi connectivity index (χ1) is 12.1. The number of thiazole rings is 1. The molecule has 2 atom stereocenters. The fourth-order valence-corrected chi connectivity index (χ4v) is 5.34. The van der Waals surface area contributed by atoms with Gasteiger partial charge in [-0.2, -0.15) is 0 Å². The van der Waals surface area contributed by atoms with Crippen molar-refractivity contribution in [2.45, 2.75) is 57.8 Å². The second kappa shape index (κ2) is 6.86. The molecule has 1 N–H and O–H groups in total. The Morgan fingerprint density at radius 2 is 1.72 bits per heavy atom. The van der Waals surface area contributed by atoms with Gasteiger partial charge in [-0.15, -0.1) is 11.3 Å². The van der Waals surface area contributed by atoms with Gasteiger partial charge in [-0.3, -0.25) is 19.3 Å². The van der Waals surface area contributed by atoms with Gasteiger partial charge in [0.1, 0.15) is 6.54 Å². The van der Waals surface area contributed by atoms with Crippen molar-refractivity contribution in [1.82, 2.24) is 9.88 Å². The lowest BCUT2D eigenvalue weighted by molar-refractivity contribution is -0.142. The van der Waals surface area contributed by atoms with Crippen LogP contribution in [0.2, 0.25) is 0 Å². The number of hydrogen-bond acceptors (Lipinski definition) is 5. The zero-order valence-corrected chi connectivity index (χ0v) is 15.1. The minimum Gasteiger partial charge on any atom is -0.300 e. The molecule has 7 heteroatoms. The highest BCUT2D eigenvalue weighted by molar-refractivity contribution is 7.15. The van der Waals surface area contributed by atoms with E-state index in [0.29, 0.717) is 5.13 Å². The lowest BCUT2D eigenvalue weighted by Gasteiger charge is -2.19. The number of aryl methyl sites for hydroxylation is 2. The quantitative estimate of drug-likeness (QED) is 0.663. The average Bonchev–Trinajstić information content (AvgIpc) is 2.99. The largest absolute Gasteiger partial charge is 0.300 e. The summed E-state index contributed by atoms with van der Waals surface area (Å²) in [6, 6.07) is 0. The average molecular weight is 361 g/mol. The van der Waals surface area contributed by atoms with Crippen LogP contribution in [0.15, 0.2) is 0 Å². The van der Waals surface area contributed by atoms with Gasteiger partial charge in [0, 0.05) is 4.88 Å². The molecule has 3 amide bonds. The lowest BCUT2D eigenvalue weighted by Crippen LogP contribution is -2.38. The van der Waals surface area contributed by atoms with Crippen molar-refractivity contribution in [3.8, 4) is 0 Å². The third kappa shape index (κ3) is 3.21. The van der Waals surface area contributed by atoms with Crippen molar-refractivity contribution < 1.29 is 14.4 Å². The van der Waals surface area contributed by atoms with Crippen LogP contribution < -0.4 is 5.32 Å². The Balaban J connectivity index is 1.40. The number of amides is 3. The summed E-state index contributed by atoms with van der Waals surface area (Å²) in [5.74, 6) is -1.07. The summed E-state index contributed by atoms with van der Waals surface area (Å²) in [5.41, 5.74) is 1.09. The van der Waals surface area contributed by atoms with Crippen molar-refractivity contribution >= 4 is 34.2 Å². The molecule has 0 unspecified atom stereocenters. The van der Waals surface area contributed by atoms with E-state index in [1.54, 1.807) is 0 Å². The van der Waals surface area contributed by atoms with Gasteiger partial charge in [0.2, 0.25) is 17.7 Å². The second-order valence-electron chi connectivity index (χ2n) is 7.26. The van der Waals surface area contributed by atoms with Crippen molar-refractivity contribution in [1.29, 1.82) is 0 Å². The van der Waals surface area contributed by atoms with E-state index in [2.05, 4.69) is 10.3 Å². The van der Waals surface area contributed by atoms with E-state index in [1.807, 2.05) is 0 Å². The summed E-state index contributed by atoms with van der Waals surface area (Å²) in [6.45, 7) is -0.186. The number of nitrogens with one attached hydrogen (secondary N) is 1. The van der Waals surface area contributed by atoms with Gasteiger partial charge < -0.3 is 5.32 Å². The number of imide groups is 1. The first-order valence-electron chi connectivity index (χ1n) is 9.27. The van der Waals surface area contributed by atoms with E-state index in [1.165, 1.54) is 29.1 Å². The maximum absolute atomic E-state index is 12.4. The molecule has 0 aromatic carbocycles. The molecule has 1 aromatic heterocycles. The first kappa shape index (κ1) is 16.7. The van der Waals surface area contributed by atoms with Crippen molar-refractivity contribution in [2.24, 2.45) is 11.8 Å². The predicted molar refractivity (Wildman–Crippen MR) is 94.2 cm³/mol. The van der Waals surface area contributed by atoms with E-state index in [4.69, 9.17) is 0 Å². The highest BCUT2D eigenvalue weighted by atomic mass is 32.1. The van der Waals surface area contributed by atoms with E-state index >= 15 is 0 Å². The molecule has 1 saturated heterocycles. The molecular weight excluding hydrogens is 338 g/mol. The van der Waals surface area contributed by atoms with Crippen LogP contribution in [0.25, 0.3) is 0 Å². The number of fused-ring (bicyclic) bond motifs is 2. The van der Waals surface area contributed by atoms with Gasteiger partial charge in [-0.25, -0.2) is 4.98 Å². The van der Waals surface area contributed by atoms with E-state index < -0.39 is 0 Å². The molecule has 1 saturated carbocycles. The fourth-order valence-electron chi connectivity index (χ4n) is 4.27. The number of rotatable bonds is 3. The molecule has 3 aliphatic rings. The Morgan fingerprint density at radius 1 is 1.04 bits per heavy atom. The first-order valence-corrected chi connectivity index (χ1v) is 10.1. The molecule has 6 nitrogen and oxygen atoms in total. The molecule has 0 radical (unpaired) electrons. The topological polar surface area (TPSA) is 79.4 Å². The monoisotopic (exact) mass is 361 g/mol. The van der Waals surface area contributed by atoms with Crippen LogP contribution in [0.3, 0.4) is 0 Å². The standard InChI is InChI=1S/C18H23N3O3S/c22-15(20-18-19-13-8-2-1-3-9-14(13)25-18)10-21-16(23)11-6-4-5-7-12(11)17(21)24/h11-12H,1-10H2,(H,19,20,22)/t11-,12-/m1/s1. The minimum atomic E-state index is -0.329. The molecule has 0 bridgehead atoms. The maximum Gasteiger partial charge on any atom is 0.246 e. The van der Waals surface area contributed by atoms with Crippen LogP contribution in [-0.2, 0) is 27.2 Å². The zero-order chi connectivity index (χ0) is 17.4. The summed E-state index contributed by atoms with van der Waals surface area (Å²) >= 11 is 1.53. The minimum absolute atomic E-state index is 0.167. The Hall–Kier alpha value is -1.76. The number of hydrogen-bond donors (Lipinski definition) is 1. The summed E-state index contributed by atoms with van der Waals surface area (Å²) in [5, 5.41) is 3.38. The van der Waals surface area contributed by atoms with Crippen LogP contribution in [0.5, 0.6) is 0 Å².